The Morgan fingerprint density at radius 1 is 0.917 bits per heavy atom. The molecule has 0 fully saturated rings. The van der Waals surface area contributed by atoms with Crippen LogP contribution in [0, 0.1) is 0 Å². The normalized spacial score (nSPS) is 8.00. The molecule has 4 heteroatoms. The molecule has 0 radical (unpaired) electrons. The fourth-order valence-electron chi connectivity index (χ4n) is 0.283. The van der Waals surface area contributed by atoms with Crippen molar-refractivity contribution in [2.75, 3.05) is 26.3 Å². The summed E-state index contributed by atoms with van der Waals surface area (Å²) in [6, 6.07) is 0. The van der Waals surface area contributed by atoms with Gasteiger partial charge in [0.25, 0.3) is 0 Å². The molecule has 0 atom stereocenters. The first-order chi connectivity index (χ1) is 5.33. The number of nitrogens with one attached hydrogen (secondary N) is 1. The number of unbranched alkanes of at least 4 members (excludes halogenated alkanes) is 1. The Kier molecular flexibility index (Phi) is 33.8. The minimum atomic E-state index is 0. The molecule has 0 saturated carbocycles. The first-order valence-electron chi connectivity index (χ1n) is 4.25. The van der Waals surface area contributed by atoms with Crippen molar-refractivity contribution in [3.05, 3.63) is 0 Å². The molecular weight excluding hydrogens is 178 g/mol. The van der Waals surface area contributed by atoms with Crippen LogP contribution in [0.25, 0.3) is 0 Å². The van der Waals surface area contributed by atoms with Gasteiger partial charge in [0.2, 0.25) is 0 Å². The summed E-state index contributed by atoms with van der Waals surface area (Å²) < 4.78 is 0. The van der Waals surface area contributed by atoms with Crippen LogP contribution in [0.5, 0.6) is 0 Å². The summed E-state index contributed by atoms with van der Waals surface area (Å²) in [5, 5.41) is 19.1. The van der Waals surface area contributed by atoms with Gasteiger partial charge in [-0.1, -0.05) is 26.7 Å². The van der Waals surface area contributed by atoms with Gasteiger partial charge >= 0.3 is 0 Å². The van der Waals surface area contributed by atoms with Gasteiger partial charge in [-0.15, -0.1) is 12.4 Å². The summed E-state index contributed by atoms with van der Waals surface area (Å²) in [5.74, 6) is 0. The van der Waals surface area contributed by atoms with Crippen molar-refractivity contribution in [1.82, 2.24) is 5.32 Å². The van der Waals surface area contributed by atoms with Gasteiger partial charge in [-0.3, -0.25) is 0 Å². The van der Waals surface area contributed by atoms with Gasteiger partial charge in [-0.05, 0) is 0 Å². The number of halogens is 1. The first kappa shape index (κ1) is 18.1. The third kappa shape index (κ3) is 32.0. The molecule has 0 rings (SSSR count). The summed E-state index contributed by atoms with van der Waals surface area (Å²) >= 11 is 0. The smallest absolute Gasteiger partial charge is 0.0555 e. The molecule has 0 aromatic heterocycles. The second-order valence-corrected chi connectivity index (χ2v) is 2.20. The lowest BCUT2D eigenvalue weighted by atomic mass is 10.4. The predicted octanol–water partition coefficient (Wildman–Crippen LogP) is 0.789. The fourth-order valence-corrected chi connectivity index (χ4v) is 0.283. The van der Waals surface area contributed by atoms with Crippen LogP contribution in [0.1, 0.15) is 26.7 Å². The van der Waals surface area contributed by atoms with E-state index in [1.54, 1.807) is 0 Å². The Morgan fingerprint density at radius 3 is 1.42 bits per heavy atom. The van der Waals surface area contributed by atoms with Gasteiger partial charge < -0.3 is 15.5 Å². The zero-order valence-corrected chi connectivity index (χ0v) is 8.86. The zero-order chi connectivity index (χ0) is 8.95. The van der Waals surface area contributed by atoms with E-state index in [1.165, 1.54) is 12.8 Å². The average molecular weight is 200 g/mol. The lowest BCUT2D eigenvalue weighted by Crippen LogP contribution is -2.21. The molecule has 0 saturated heterocycles. The number of rotatable bonds is 5. The van der Waals surface area contributed by atoms with E-state index in [9.17, 15) is 0 Å². The van der Waals surface area contributed by atoms with Crippen LogP contribution in [0.4, 0.5) is 0 Å². The monoisotopic (exact) mass is 199 g/mol. The summed E-state index contributed by atoms with van der Waals surface area (Å²) in [7, 11) is 0. The topological polar surface area (TPSA) is 52.5 Å². The van der Waals surface area contributed by atoms with E-state index in [-0.39, 0.29) is 25.6 Å². The van der Waals surface area contributed by atoms with Crippen molar-refractivity contribution in [2.45, 2.75) is 26.7 Å². The van der Waals surface area contributed by atoms with Crippen molar-refractivity contribution in [2.24, 2.45) is 0 Å². The average Bonchev–Trinajstić information content (AvgIpc) is 2.06. The minimum absolute atomic E-state index is 0. The van der Waals surface area contributed by atoms with Gasteiger partial charge in [0, 0.05) is 13.1 Å². The fraction of sp³-hybridized carbons (Fsp3) is 1.00. The van der Waals surface area contributed by atoms with E-state index in [0.29, 0.717) is 13.1 Å². The van der Waals surface area contributed by atoms with Gasteiger partial charge in [0.15, 0.2) is 0 Å². The number of aliphatic hydroxyl groups excluding tert-OH is 2. The second kappa shape index (κ2) is 22.5. The van der Waals surface area contributed by atoms with Crippen LogP contribution < -0.4 is 5.32 Å². The standard InChI is InChI=1S/C4H11NO2.C4H10.ClH/c6-3-1-5-2-4-7;1-3-4-2;/h5-7H,1-4H2;3-4H2,1-2H3;1H. The van der Waals surface area contributed by atoms with Crippen LogP contribution >= 0.6 is 12.4 Å². The van der Waals surface area contributed by atoms with Crippen molar-refractivity contribution < 1.29 is 10.2 Å². The molecule has 0 aliphatic heterocycles. The minimum Gasteiger partial charge on any atom is -0.395 e. The number of hydrogen-bond donors (Lipinski definition) is 3. The number of aliphatic hydroxyl groups is 2. The van der Waals surface area contributed by atoms with Crippen LogP contribution in [0.3, 0.4) is 0 Å². The van der Waals surface area contributed by atoms with Crippen LogP contribution in [0.2, 0.25) is 0 Å². The maximum absolute atomic E-state index is 8.15. The van der Waals surface area contributed by atoms with E-state index in [4.69, 9.17) is 10.2 Å². The number of hydrogen-bond acceptors (Lipinski definition) is 3. The Hall–Kier alpha value is 0.170. The largest absolute Gasteiger partial charge is 0.395 e. The Morgan fingerprint density at radius 2 is 1.25 bits per heavy atom. The van der Waals surface area contributed by atoms with Gasteiger partial charge in [-0.25, -0.2) is 0 Å². The molecule has 3 nitrogen and oxygen atoms in total. The lowest BCUT2D eigenvalue weighted by molar-refractivity contribution is 0.267. The quantitative estimate of drug-likeness (QED) is 0.574. The Labute approximate surface area is 81.6 Å². The zero-order valence-electron chi connectivity index (χ0n) is 8.05. The molecule has 0 unspecified atom stereocenters. The third-order valence-corrected chi connectivity index (χ3v) is 1.08. The van der Waals surface area contributed by atoms with Crippen LogP contribution in [-0.2, 0) is 0 Å². The van der Waals surface area contributed by atoms with E-state index < -0.39 is 0 Å². The molecule has 0 aliphatic carbocycles. The Bertz CT molecular complexity index is 50.3. The molecule has 78 valence electrons. The maximum atomic E-state index is 8.15. The lowest BCUT2D eigenvalue weighted by Gasteiger charge is -1.94. The second-order valence-electron chi connectivity index (χ2n) is 2.20. The summed E-state index contributed by atoms with van der Waals surface area (Å²) in [5.41, 5.74) is 0. The highest BCUT2D eigenvalue weighted by molar-refractivity contribution is 5.85. The first-order valence-corrected chi connectivity index (χ1v) is 4.25. The summed E-state index contributed by atoms with van der Waals surface area (Å²) in [4.78, 5) is 0. The molecule has 0 aliphatic rings. The van der Waals surface area contributed by atoms with Crippen LogP contribution in [-0.4, -0.2) is 36.5 Å². The highest BCUT2D eigenvalue weighted by Crippen LogP contribution is 1.76. The molecule has 0 aromatic carbocycles. The van der Waals surface area contributed by atoms with Gasteiger partial charge in [-0.2, -0.15) is 0 Å². The van der Waals surface area contributed by atoms with E-state index >= 15 is 0 Å². The van der Waals surface area contributed by atoms with Crippen molar-refractivity contribution in [3.63, 3.8) is 0 Å². The molecule has 3 N–H and O–H groups in total. The third-order valence-electron chi connectivity index (χ3n) is 1.08. The highest BCUT2D eigenvalue weighted by Gasteiger charge is 1.78. The molecule has 0 spiro atoms. The van der Waals surface area contributed by atoms with Gasteiger partial charge in [0.05, 0.1) is 13.2 Å². The van der Waals surface area contributed by atoms with Gasteiger partial charge in [0.1, 0.15) is 0 Å². The van der Waals surface area contributed by atoms with E-state index in [1.807, 2.05) is 0 Å². The molecular formula is C8H22ClNO2. The molecule has 0 bridgehead atoms. The van der Waals surface area contributed by atoms with Crippen molar-refractivity contribution in [3.8, 4) is 0 Å². The molecule has 12 heavy (non-hydrogen) atoms. The van der Waals surface area contributed by atoms with Crippen LogP contribution in [0.15, 0.2) is 0 Å². The van der Waals surface area contributed by atoms with Crippen molar-refractivity contribution in [1.29, 1.82) is 0 Å². The maximum Gasteiger partial charge on any atom is 0.0555 e. The van der Waals surface area contributed by atoms with E-state index in [0.717, 1.165) is 0 Å². The Balaban J connectivity index is -0.000000142. The summed E-state index contributed by atoms with van der Waals surface area (Å²) in [6.07, 6.45) is 2.64. The van der Waals surface area contributed by atoms with Crippen molar-refractivity contribution >= 4 is 12.4 Å². The SMILES string of the molecule is CCCC.Cl.OCCNCCO. The predicted molar refractivity (Wildman–Crippen MR) is 54.9 cm³/mol. The molecule has 0 aromatic rings. The summed E-state index contributed by atoms with van der Waals surface area (Å²) in [6.45, 7) is 5.78. The van der Waals surface area contributed by atoms with E-state index in [2.05, 4.69) is 19.2 Å². The molecule has 0 amide bonds. The molecule has 0 heterocycles. The highest BCUT2D eigenvalue weighted by atomic mass is 35.5.